The number of rotatable bonds is 10. The molecular weight excluding hydrogens is 256 g/mol. The minimum atomic E-state index is -0.797. The van der Waals surface area contributed by atoms with Crippen molar-refractivity contribution in [1.82, 2.24) is 0 Å². The van der Waals surface area contributed by atoms with Gasteiger partial charge in [0.05, 0.1) is 11.4 Å². The van der Waals surface area contributed by atoms with E-state index in [1.54, 1.807) is 0 Å². The first-order valence-corrected chi connectivity index (χ1v) is 9.69. The Morgan fingerprint density at radius 3 is 2.16 bits per heavy atom. The molecule has 3 heteroatoms. The van der Waals surface area contributed by atoms with E-state index < -0.39 is 10.8 Å². The summed E-state index contributed by atoms with van der Waals surface area (Å²) in [6, 6.07) is 0. The predicted molar refractivity (Wildman–Crippen MR) is 83.9 cm³/mol. The van der Waals surface area contributed by atoms with Crippen LogP contribution in [0.15, 0.2) is 0 Å². The zero-order valence-corrected chi connectivity index (χ0v) is 13.4. The Hall–Kier alpha value is 0.110. The lowest BCUT2D eigenvalue weighted by atomic mass is 9.97. The maximum Gasteiger partial charge on any atom is 0.0683 e. The fourth-order valence-corrected chi connectivity index (χ4v) is 4.62. The third-order valence-electron chi connectivity index (χ3n) is 4.20. The molecule has 0 aliphatic heterocycles. The SMILES string of the molecule is CCCCCCCCCC[S@](=O)[C@H]1CCCC[C@@H]1O. The number of aliphatic hydroxyl groups excluding tert-OH is 1. The minimum absolute atomic E-state index is 0.0679. The van der Waals surface area contributed by atoms with Gasteiger partial charge < -0.3 is 5.11 Å². The summed E-state index contributed by atoms with van der Waals surface area (Å²) in [4.78, 5) is 0. The Morgan fingerprint density at radius 1 is 0.947 bits per heavy atom. The van der Waals surface area contributed by atoms with E-state index in [0.717, 1.165) is 37.9 Å². The average molecular weight is 288 g/mol. The first-order chi connectivity index (χ1) is 9.25. The largest absolute Gasteiger partial charge is 0.392 e. The zero-order chi connectivity index (χ0) is 13.9. The topological polar surface area (TPSA) is 37.3 Å². The summed E-state index contributed by atoms with van der Waals surface area (Å²) in [5.74, 6) is 0.802. The molecule has 0 aromatic carbocycles. The number of hydrogen-bond acceptors (Lipinski definition) is 2. The molecule has 0 spiro atoms. The van der Waals surface area contributed by atoms with E-state index in [-0.39, 0.29) is 11.4 Å². The molecule has 0 aromatic rings. The van der Waals surface area contributed by atoms with Gasteiger partial charge in [-0.25, -0.2) is 0 Å². The van der Waals surface area contributed by atoms with Crippen LogP contribution in [0.2, 0.25) is 0 Å². The first-order valence-electron chi connectivity index (χ1n) is 8.31. The lowest BCUT2D eigenvalue weighted by Crippen LogP contribution is -2.34. The summed E-state index contributed by atoms with van der Waals surface area (Å²) in [5, 5.41) is 9.94. The van der Waals surface area contributed by atoms with Crippen LogP contribution in [-0.4, -0.2) is 26.4 Å². The van der Waals surface area contributed by atoms with Gasteiger partial charge in [0.15, 0.2) is 0 Å². The van der Waals surface area contributed by atoms with Gasteiger partial charge in [0.2, 0.25) is 0 Å². The lowest BCUT2D eigenvalue weighted by molar-refractivity contribution is 0.135. The summed E-state index contributed by atoms with van der Waals surface area (Å²) in [6.07, 6.45) is 14.1. The number of unbranched alkanes of at least 4 members (excludes halogenated alkanes) is 7. The van der Waals surface area contributed by atoms with Crippen LogP contribution in [0.5, 0.6) is 0 Å². The molecule has 1 aliphatic carbocycles. The molecule has 1 rings (SSSR count). The Morgan fingerprint density at radius 2 is 1.53 bits per heavy atom. The van der Waals surface area contributed by atoms with Gasteiger partial charge in [-0.1, -0.05) is 64.7 Å². The minimum Gasteiger partial charge on any atom is -0.392 e. The van der Waals surface area contributed by atoms with E-state index >= 15 is 0 Å². The quantitative estimate of drug-likeness (QED) is 0.612. The van der Waals surface area contributed by atoms with E-state index in [4.69, 9.17) is 0 Å². The van der Waals surface area contributed by atoms with Crippen LogP contribution in [0.1, 0.15) is 84.0 Å². The third kappa shape index (κ3) is 7.45. The summed E-state index contributed by atoms with van der Waals surface area (Å²) >= 11 is 0. The second-order valence-electron chi connectivity index (χ2n) is 5.95. The summed E-state index contributed by atoms with van der Waals surface area (Å²) in [6.45, 7) is 2.25. The molecule has 2 nitrogen and oxygen atoms in total. The molecule has 0 amide bonds. The highest BCUT2D eigenvalue weighted by atomic mass is 32.2. The van der Waals surface area contributed by atoms with Crippen molar-refractivity contribution in [1.29, 1.82) is 0 Å². The van der Waals surface area contributed by atoms with Crippen molar-refractivity contribution in [2.75, 3.05) is 5.75 Å². The summed E-state index contributed by atoms with van der Waals surface area (Å²) in [5.41, 5.74) is 0. The normalized spacial score (nSPS) is 25.4. The van der Waals surface area contributed by atoms with E-state index in [2.05, 4.69) is 6.92 Å². The van der Waals surface area contributed by atoms with Gasteiger partial charge in [0, 0.05) is 16.6 Å². The highest BCUT2D eigenvalue weighted by molar-refractivity contribution is 7.85. The van der Waals surface area contributed by atoms with Crippen LogP contribution in [-0.2, 0) is 10.8 Å². The van der Waals surface area contributed by atoms with E-state index in [1.807, 2.05) is 0 Å². The highest BCUT2D eigenvalue weighted by Crippen LogP contribution is 2.23. The van der Waals surface area contributed by atoms with Gasteiger partial charge in [-0.3, -0.25) is 4.21 Å². The van der Waals surface area contributed by atoms with Gasteiger partial charge in [-0.2, -0.15) is 0 Å². The highest BCUT2D eigenvalue weighted by Gasteiger charge is 2.27. The second kappa shape index (κ2) is 10.8. The number of hydrogen-bond donors (Lipinski definition) is 1. The first kappa shape index (κ1) is 17.2. The molecule has 1 fully saturated rings. The van der Waals surface area contributed by atoms with Gasteiger partial charge in [0.1, 0.15) is 0 Å². The molecule has 1 aliphatic rings. The van der Waals surface area contributed by atoms with Crippen molar-refractivity contribution in [2.24, 2.45) is 0 Å². The maximum absolute atomic E-state index is 12.1. The average Bonchev–Trinajstić information content (AvgIpc) is 2.42. The van der Waals surface area contributed by atoms with Crippen LogP contribution in [0, 0.1) is 0 Å². The van der Waals surface area contributed by atoms with Crippen LogP contribution in [0.3, 0.4) is 0 Å². The summed E-state index contributed by atoms with van der Waals surface area (Å²) < 4.78 is 12.1. The Bertz CT molecular complexity index is 243. The van der Waals surface area contributed by atoms with Crippen molar-refractivity contribution in [2.45, 2.75) is 95.3 Å². The van der Waals surface area contributed by atoms with Crippen molar-refractivity contribution in [3.05, 3.63) is 0 Å². The van der Waals surface area contributed by atoms with Crippen molar-refractivity contribution in [3.63, 3.8) is 0 Å². The van der Waals surface area contributed by atoms with Crippen molar-refractivity contribution in [3.8, 4) is 0 Å². The van der Waals surface area contributed by atoms with Crippen LogP contribution >= 0.6 is 0 Å². The van der Waals surface area contributed by atoms with E-state index in [0.29, 0.717) is 0 Å². The Kier molecular flexibility index (Phi) is 9.80. The molecule has 0 heterocycles. The molecule has 1 saturated carbocycles. The Balaban J connectivity index is 1.98. The van der Waals surface area contributed by atoms with Crippen LogP contribution in [0.4, 0.5) is 0 Å². The molecule has 0 saturated heterocycles. The predicted octanol–water partition coefficient (Wildman–Crippen LogP) is 4.18. The molecule has 3 atom stereocenters. The zero-order valence-electron chi connectivity index (χ0n) is 12.6. The monoisotopic (exact) mass is 288 g/mol. The maximum atomic E-state index is 12.1. The summed E-state index contributed by atoms with van der Waals surface area (Å²) in [7, 11) is -0.797. The lowest BCUT2D eigenvalue weighted by Gasteiger charge is -2.26. The molecule has 114 valence electrons. The number of aliphatic hydroxyl groups is 1. The third-order valence-corrected chi connectivity index (χ3v) is 6.12. The molecule has 1 N–H and O–H groups in total. The molecule has 0 aromatic heterocycles. The Labute approximate surface area is 121 Å². The van der Waals surface area contributed by atoms with Crippen LogP contribution < -0.4 is 0 Å². The molecule has 19 heavy (non-hydrogen) atoms. The van der Waals surface area contributed by atoms with Crippen molar-refractivity contribution < 1.29 is 9.32 Å². The fraction of sp³-hybridized carbons (Fsp3) is 1.00. The molecule has 0 unspecified atom stereocenters. The molecular formula is C16H32O2S. The van der Waals surface area contributed by atoms with E-state index in [1.165, 1.54) is 44.9 Å². The van der Waals surface area contributed by atoms with Gasteiger partial charge in [-0.15, -0.1) is 0 Å². The second-order valence-corrected chi connectivity index (χ2v) is 7.73. The fourth-order valence-electron chi connectivity index (χ4n) is 2.91. The van der Waals surface area contributed by atoms with Gasteiger partial charge >= 0.3 is 0 Å². The smallest absolute Gasteiger partial charge is 0.0683 e. The van der Waals surface area contributed by atoms with Crippen molar-refractivity contribution >= 4 is 10.8 Å². The van der Waals surface area contributed by atoms with Crippen LogP contribution in [0.25, 0.3) is 0 Å². The van der Waals surface area contributed by atoms with Gasteiger partial charge in [-0.05, 0) is 19.3 Å². The molecule has 0 radical (unpaired) electrons. The molecule has 0 bridgehead atoms. The van der Waals surface area contributed by atoms with E-state index in [9.17, 15) is 9.32 Å². The van der Waals surface area contributed by atoms with Gasteiger partial charge in [0.25, 0.3) is 0 Å². The standard InChI is InChI=1S/C16H32O2S/c1-2-3-4-5-6-7-8-11-14-19(18)16-13-10-9-12-15(16)17/h15-17H,2-14H2,1H3/t15-,16-,19-/m0/s1.